The third-order valence-corrected chi connectivity index (χ3v) is 6.80. The van der Waals surface area contributed by atoms with Crippen LogP contribution in [0.4, 0.5) is 0 Å². The molecule has 1 heterocycles. The lowest BCUT2D eigenvalue weighted by Crippen LogP contribution is -2.48. The second-order valence-electron chi connectivity index (χ2n) is 6.45. The Hall–Kier alpha value is -0.660. The Morgan fingerprint density at radius 2 is 1.81 bits per heavy atom. The minimum atomic E-state index is -3.46. The van der Waals surface area contributed by atoms with Crippen molar-refractivity contribution in [3.05, 3.63) is 0 Å². The van der Waals surface area contributed by atoms with Crippen LogP contribution in [0.2, 0.25) is 0 Å². The van der Waals surface area contributed by atoms with Crippen LogP contribution in [0, 0.1) is 11.3 Å². The van der Waals surface area contributed by atoms with Gasteiger partial charge in [-0.25, -0.2) is 13.1 Å². The second-order valence-corrected chi connectivity index (χ2v) is 8.49. The quantitative estimate of drug-likeness (QED) is 0.798. The van der Waals surface area contributed by atoms with Gasteiger partial charge in [-0.1, -0.05) is 6.92 Å². The molecule has 122 valence electrons. The van der Waals surface area contributed by atoms with Gasteiger partial charge >= 0.3 is 5.97 Å². The molecule has 0 radical (unpaired) electrons. The lowest BCUT2D eigenvalue weighted by Gasteiger charge is -2.36. The monoisotopic (exact) mass is 319 g/mol. The molecule has 0 amide bonds. The van der Waals surface area contributed by atoms with E-state index in [2.05, 4.69) is 11.6 Å². The van der Waals surface area contributed by atoms with E-state index in [4.69, 9.17) is 4.74 Å². The van der Waals surface area contributed by atoms with Crippen molar-refractivity contribution in [2.75, 3.05) is 19.8 Å². The number of carboxylic acid groups (broad SMARTS) is 1. The van der Waals surface area contributed by atoms with E-state index in [1.807, 2.05) is 0 Å². The summed E-state index contributed by atoms with van der Waals surface area (Å²) in [7, 11) is -3.46. The molecule has 21 heavy (non-hydrogen) atoms. The zero-order chi connectivity index (χ0) is 15.5. The van der Waals surface area contributed by atoms with Crippen LogP contribution in [0.5, 0.6) is 0 Å². The van der Waals surface area contributed by atoms with Crippen LogP contribution in [0.1, 0.15) is 45.4 Å². The van der Waals surface area contributed by atoms with Crippen LogP contribution in [-0.2, 0) is 19.6 Å². The van der Waals surface area contributed by atoms with Crippen LogP contribution in [0.25, 0.3) is 0 Å². The van der Waals surface area contributed by atoms with Crippen molar-refractivity contribution >= 4 is 16.0 Å². The molecule has 1 saturated heterocycles. The highest BCUT2D eigenvalue weighted by Crippen LogP contribution is 2.39. The molecule has 1 aliphatic carbocycles. The minimum absolute atomic E-state index is 0.00867. The lowest BCUT2D eigenvalue weighted by molar-refractivity contribution is -0.151. The molecule has 0 spiro atoms. The lowest BCUT2D eigenvalue weighted by atomic mass is 9.71. The van der Waals surface area contributed by atoms with Crippen LogP contribution in [0.3, 0.4) is 0 Å². The predicted octanol–water partition coefficient (Wildman–Crippen LogP) is 1.37. The standard InChI is InChI=1S/C14H25NO5S/c1-11-2-6-14(7-3-11,13(16)17)10-15-21(18,19)12-4-8-20-9-5-12/h11-12,15H,2-10H2,1H3,(H,16,17). The maximum atomic E-state index is 12.3. The SMILES string of the molecule is CC1CCC(CNS(=O)(=O)C2CCOCC2)(C(=O)O)CC1. The largest absolute Gasteiger partial charge is 0.481 e. The molecule has 1 saturated carbocycles. The number of carboxylic acids is 1. The van der Waals surface area contributed by atoms with Crippen molar-refractivity contribution in [1.82, 2.24) is 4.72 Å². The van der Waals surface area contributed by atoms with Crippen molar-refractivity contribution in [3.8, 4) is 0 Å². The Kier molecular flexibility index (Phi) is 5.27. The number of ether oxygens (including phenoxy) is 1. The molecule has 1 aliphatic heterocycles. The highest BCUT2D eigenvalue weighted by atomic mass is 32.2. The topological polar surface area (TPSA) is 92.7 Å². The Labute approximate surface area is 126 Å². The van der Waals surface area contributed by atoms with Gasteiger partial charge in [0.2, 0.25) is 10.0 Å². The average Bonchev–Trinajstić information content (AvgIpc) is 2.48. The second kappa shape index (κ2) is 6.62. The van der Waals surface area contributed by atoms with E-state index in [0.29, 0.717) is 44.8 Å². The number of hydrogen-bond donors (Lipinski definition) is 2. The summed E-state index contributed by atoms with van der Waals surface area (Å²) in [4.78, 5) is 11.6. The fourth-order valence-electron chi connectivity index (χ4n) is 3.12. The van der Waals surface area contributed by atoms with Gasteiger partial charge in [-0.2, -0.15) is 0 Å². The van der Waals surface area contributed by atoms with Crippen LogP contribution in [-0.4, -0.2) is 44.5 Å². The third-order valence-electron chi connectivity index (χ3n) is 4.90. The van der Waals surface area contributed by atoms with Crippen molar-refractivity contribution in [2.45, 2.75) is 50.7 Å². The zero-order valence-electron chi connectivity index (χ0n) is 12.5. The van der Waals surface area contributed by atoms with Crippen molar-refractivity contribution < 1.29 is 23.1 Å². The van der Waals surface area contributed by atoms with Gasteiger partial charge in [-0.15, -0.1) is 0 Å². The van der Waals surface area contributed by atoms with Crippen LogP contribution < -0.4 is 4.72 Å². The fraction of sp³-hybridized carbons (Fsp3) is 0.929. The summed E-state index contributed by atoms with van der Waals surface area (Å²) < 4.78 is 32.3. The van der Waals surface area contributed by atoms with E-state index >= 15 is 0 Å². The highest BCUT2D eigenvalue weighted by Gasteiger charge is 2.42. The summed E-state index contributed by atoms with van der Waals surface area (Å²) in [6.45, 7) is 3.02. The van der Waals surface area contributed by atoms with E-state index in [1.165, 1.54) is 0 Å². The smallest absolute Gasteiger partial charge is 0.310 e. The molecular weight excluding hydrogens is 294 g/mol. The molecule has 0 bridgehead atoms. The predicted molar refractivity (Wildman–Crippen MR) is 78.5 cm³/mol. The van der Waals surface area contributed by atoms with Gasteiger partial charge in [0.05, 0.1) is 10.7 Å². The normalized spacial score (nSPS) is 32.0. The fourth-order valence-corrected chi connectivity index (χ4v) is 4.65. The summed E-state index contributed by atoms with van der Waals surface area (Å²) >= 11 is 0. The summed E-state index contributed by atoms with van der Waals surface area (Å²) in [5, 5.41) is 9.07. The number of rotatable bonds is 5. The molecule has 2 fully saturated rings. The molecule has 7 heteroatoms. The average molecular weight is 319 g/mol. The maximum absolute atomic E-state index is 12.3. The molecule has 2 N–H and O–H groups in total. The van der Waals surface area contributed by atoms with E-state index in [-0.39, 0.29) is 6.54 Å². The highest BCUT2D eigenvalue weighted by molar-refractivity contribution is 7.90. The molecule has 0 unspecified atom stereocenters. The zero-order valence-corrected chi connectivity index (χ0v) is 13.3. The first-order valence-electron chi connectivity index (χ1n) is 7.65. The Morgan fingerprint density at radius 3 is 2.33 bits per heavy atom. The minimum Gasteiger partial charge on any atom is -0.481 e. The van der Waals surface area contributed by atoms with Crippen LogP contribution >= 0.6 is 0 Å². The summed E-state index contributed by atoms with van der Waals surface area (Å²) in [6, 6.07) is 0. The van der Waals surface area contributed by atoms with Gasteiger partial charge < -0.3 is 9.84 Å². The van der Waals surface area contributed by atoms with Crippen molar-refractivity contribution in [3.63, 3.8) is 0 Å². The number of sulfonamides is 1. The number of carbonyl (C=O) groups is 1. The van der Waals surface area contributed by atoms with Crippen molar-refractivity contribution in [1.29, 1.82) is 0 Å². The van der Waals surface area contributed by atoms with E-state index in [0.717, 1.165) is 12.8 Å². The van der Waals surface area contributed by atoms with Crippen molar-refractivity contribution in [2.24, 2.45) is 11.3 Å². The van der Waals surface area contributed by atoms with Crippen LogP contribution in [0.15, 0.2) is 0 Å². The number of nitrogens with one attached hydrogen (secondary N) is 1. The van der Waals surface area contributed by atoms with Gasteiger partial charge in [-0.05, 0) is 44.4 Å². The van der Waals surface area contributed by atoms with E-state index < -0.39 is 26.7 Å². The molecule has 0 atom stereocenters. The Balaban J connectivity index is 2.00. The maximum Gasteiger partial charge on any atom is 0.310 e. The summed E-state index contributed by atoms with van der Waals surface area (Å²) in [5.74, 6) is -0.367. The molecule has 2 aliphatic rings. The molecule has 0 aromatic carbocycles. The molecule has 6 nitrogen and oxygen atoms in total. The van der Waals surface area contributed by atoms with Gasteiger partial charge in [0.1, 0.15) is 0 Å². The van der Waals surface area contributed by atoms with Gasteiger partial charge in [0.15, 0.2) is 0 Å². The van der Waals surface area contributed by atoms with Gasteiger partial charge in [0.25, 0.3) is 0 Å². The van der Waals surface area contributed by atoms with Gasteiger partial charge in [0, 0.05) is 19.8 Å². The number of hydrogen-bond acceptors (Lipinski definition) is 4. The number of aliphatic carboxylic acids is 1. The summed E-state index contributed by atoms with van der Waals surface area (Å²) in [6.07, 6.45) is 3.72. The summed E-state index contributed by atoms with van der Waals surface area (Å²) in [5.41, 5.74) is -0.940. The Morgan fingerprint density at radius 1 is 1.24 bits per heavy atom. The molecule has 0 aromatic heterocycles. The first kappa shape index (κ1) is 16.7. The first-order valence-corrected chi connectivity index (χ1v) is 9.20. The third kappa shape index (κ3) is 3.96. The van der Waals surface area contributed by atoms with E-state index in [1.54, 1.807) is 0 Å². The van der Waals surface area contributed by atoms with Gasteiger partial charge in [-0.3, -0.25) is 4.79 Å². The Bertz CT molecular complexity index is 462. The molecule has 2 rings (SSSR count). The molecular formula is C14H25NO5S. The molecule has 0 aromatic rings. The first-order chi connectivity index (χ1) is 9.86. The van der Waals surface area contributed by atoms with E-state index in [9.17, 15) is 18.3 Å².